The molecule has 0 spiro atoms. The molecule has 0 N–H and O–H groups in total. The van der Waals surface area contributed by atoms with Crippen LogP contribution in [0.5, 0.6) is 0 Å². The van der Waals surface area contributed by atoms with E-state index in [0.717, 1.165) is 30.9 Å². The van der Waals surface area contributed by atoms with Crippen LogP contribution in [0.2, 0.25) is 10.3 Å². The van der Waals surface area contributed by atoms with Crippen molar-refractivity contribution >= 4 is 34.7 Å². The minimum Gasteiger partial charge on any atom is -0.366 e. The number of halogens is 4. The highest BCUT2D eigenvalue weighted by molar-refractivity contribution is 6.33. The van der Waals surface area contributed by atoms with Gasteiger partial charge >= 0.3 is 0 Å². The largest absolute Gasteiger partial charge is 0.366 e. The number of aromatic nitrogens is 3. The van der Waals surface area contributed by atoms with Gasteiger partial charge in [-0.3, -0.25) is 4.98 Å². The average molecular weight is 436 g/mol. The molecule has 3 heterocycles. The molecular formula is C20H17Cl2F2N5. The minimum absolute atomic E-state index is 0.0500. The van der Waals surface area contributed by atoms with E-state index in [1.165, 1.54) is 6.07 Å². The van der Waals surface area contributed by atoms with Gasteiger partial charge in [-0.05, 0) is 42.8 Å². The van der Waals surface area contributed by atoms with Gasteiger partial charge in [-0.2, -0.15) is 0 Å². The highest BCUT2D eigenvalue weighted by Gasteiger charge is 2.26. The van der Waals surface area contributed by atoms with Crippen molar-refractivity contribution < 1.29 is 8.78 Å². The maximum atomic E-state index is 13.6. The number of hydrogen-bond donors (Lipinski definition) is 0. The minimum atomic E-state index is -0.935. The van der Waals surface area contributed by atoms with Crippen molar-refractivity contribution in [3.63, 3.8) is 0 Å². The van der Waals surface area contributed by atoms with Crippen molar-refractivity contribution in [3.8, 4) is 11.3 Å². The molecule has 150 valence electrons. The molecule has 3 aromatic rings. The smallest absolute Gasteiger partial charge is 0.224 e. The topological polar surface area (TPSA) is 45.2 Å². The zero-order valence-electron chi connectivity index (χ0n) is 15.5. The first-order valence-electron chi connectivity index (χ1n) is 9.03. The van der Waals surface area contributed by atoms with Crippen molar-refractivity contribution in [1.29, 1.82) is 0 Å². The van der Waals surface area contributed by atoms with E-state index in [9.17, 15) is 8.78 Å². The summed E-state index contributed by atoms with van der Waals surface area (Å²) in [6, 6.07) is 7.38. The van der Waals surface area contributed by atoms with Crippen molar-refractivity contribution in [2.75, 3.05) is 29.4 Å². The van der Waals surface area contributed by atoms with Gasteiger partial charge in [0.15, 0.2) is 11.6 Å². The highest BCUT2D eigenvalue weighted by Crippen LogP contribution is 2.30. The molecule has 2 aromatic heterocycles. The van der Waals surface area contributed by atoms with E-state index < -0.39 is 11.6 Å². The molecule has 1 fully saturated rings. The zero-order chi connectivity index (χ0) is 20.5. The monoisotopic (exact) mass is 435 g/mol. The van der Waals surface area contributed by atoms with Crippen LogP contribution in [0.15, 0.2) is 42.7 Å². The Morgan fingerprint density at radius 2 is 1.86 bits per heavy atom. The molecule has 4 rings (SSSR count). The summed E-state index contributed by atoms with van der Waals surface area (Å²) in [7, 11) is 0. The average Bonchev–Trinajstić information content (AvgIpc) is 2.70. The molecule has 29 heavy (non-hydrogen) atoms. The summed E-state index contributed by atoms with van der Waals surface area (Å²) in [5, 5.41) is 0.660. The van der Waals surface area contributed by atoms with Crippen LogP contribution in [0.3, 0.4) is 0 Å². The first kappa shape index (κ1) is 19.8. The molecule has 0 bridgehead atoms. The maximum absolute atomic E-state index is 13.6. The van der Waals surface area contributed by atoms with E-state index in [4.69, 9.17) is 23.2 Å². The number of rotatable bonds is 3. The van der Waals surface area contributed by atoms with Gasteiger partial charge in [-0.25, -0.2) is 18.7 Å². The van der Waals surface area contributed by atoms with Crippen LogP contribution in [0.1, 0.15) is 6.92 Å². The van der Waals surface area contributed by atoms with E-state index >= 15 is 0 Å². The molecule has 1 saturated heterocycles. The molecule has 9 heteroatoms. The van der Waals surface area contributed by atoms with E-state index in [1.807, 2.05) is 6.07 Å². The lowest BCUT2D eigenvalue weighted by molar-refractivity contribution is 0.509. The fraction of sp³-hybridized carbons (Fsp3) is 0.250. The SMILES string of the molecule is C[C@@H]1CN(c2ccncc2Cl)CCN1c1cc(-c2ccc(F)c(F)c2)nc(Cl)n1. The molecule has 0 saturated carbocycles. The van der Waals surface area contributed by atoms with Crippen LogP contribution >= 0.6 is 23.2 Å². The van der Waals surface area contributed by atoms with Gasteiger partial charge in [0.1, 0.15) is 5.82 Å². The fourth-order valence-corrected chi connectivity index (χ4v) is 3.91. The lowest BCUT2D eigenvalue weighted by Gasteiger charge is -2.41. The van der Waals surface area contributed by atoms with Crippen molar-refractivity contribution in [3.05, 3.63) is 64.7 Å². The number of benzene rings is 1. The summed E-state index contributed by atoms with van der Waals surface area (Å²) in [5.41, 5.74) is 1.81. The Hall–Kier alpha value is -2.51. The van der Waals surface area contributed by atoms with Crippen LogP contribution < -0.4 is 9.80 Å². The predicted molar refractivity (Wildman–Crippen MR) is 111 cm³/mol. The summed E-state index contributed by atoms with van der Waals surface area (Å²) in [5.74, 6) is -1.21. The molecule has 1 aromatic carbocycles. The van der Waals surface area contributed by atoms with Gasteiger partial charge < -0.3 is 9.80 Å². The molecule has 0 radical (unpaired) electrons. The lowest BCUT2D eigenvalue weighted by atomic mass is 10.1. The predicted octanol–water partition coefficient (Wildman–Crippen LogP) is 4.84. The van der Waals surface area contributed by atoms with E-state index in [2.05, 4.69) is 31.7 Å². The van der Waals surface area contributed by atoms with Crippen LogP contribution in [-0.4, -0.2) is 40.6 Å². The van der Waals surface area contributed by atoms with Crippen molar-refractivity contribution in [1.82, 2.24) is 15.0 Å². The second kappa shape index (κ2) is 8.08. The molecule has 0 amide bonds. The molecule has 1 aliphatic heterocycles. The van der Waals surface area contributed by atoms with E-state index in [-0.39, 0.29) is 11.3 Å². The highest BCUT2D eigenvalue weighted by atomic mass is 35.5. The van der Waals surface area contributed by atoms with Crippen LogP contribution in [0.25, 0.3) is 11.3 Å². The standard InChI is InChI=1S/C20H17Cl2F2N5/c1-12-11-28(18-4-5-25-10-14(18)21)6-7-29(12)19-9-17(26-20(22)27-19)13-2-3-15(23)16(24)8-13/h2-5,8-10,12H,6-7,11H2,1H3/t12-/m1/s1. The van der Waals surface area contributed by atoms with Gasteiger partial charge in [0.25, 0.3) is 0 Å². The van der Waals surface area contributed by atoms with Crippen LogP contribution in [0, 0.1) is 11.6 Å². The van der Waals surface area contributed by atoms with E-state index in [1.54, 1.807) is 18.5 Å². The lowest BCUT2D eigenvalue weighted by Crippen LogP contribution is -2.52. The van der Waals surface area contributed by atoms with Crippen LogP contribution in [-0.2, 0) is 0 Å². The first-order valence-corrected chi connectivity index (χ1v) is 9.79. The summed E-state index contributed by atoms with van der Waals surface area (Å²) in [6.45, 7) is 4.22. The van der Waals surface area contributed by atoms with Crippen molar-refractivity contribution in [2.24, 2.45) is 0 Å². The summed E-state index contributed by atoms with van der Waals surface area (Å²) < 4.78 is 26.9. The summed E-state index contributed by atoms with van der Waals surface area (Å²) >= 11 is 12.4. The van der Waals surface area contributed by atoms with Gasteiger partial charge in [0.05, 0.1) is 16.4 Å². The Morgan fingerprint density at radius 1 is 1.03 bits per heavy atom. The first-order chi connectivity index (χ1) is 13.9. The molecule has 0 aliphatic carbocycles. The van der Waals surface area contributed by atoms with Crippen molar-refractivity contribution in [2.45, 2.75) is 13.0 Å². The maximum Gasteiger partial charge on any atom is 0.224 e. The quantitative estimate of drug-likeness (QED) is 0.550. The number of hydrogen-bond acceptors (Lipinski definition) is 5. The molecule has 5 nitrogen and oxygen atoms in total. The second-order valence-corrected chi connectivity index (χ2v) is 7.57. The summed E-state index contributed by atoms with van der Waals surface area (Å²) in [6.07, 6.45) is 3.35. The Kier molecular flexibility index (Phi) is 5.52. The second-order valence-electron chi connectivity index (χ2n) is 6.82. The zero-order valence-corrected chi connectivity index (χ0v) is 17.0. The molecular weight excluding hydrogens is 419 g/mol. The fourth-order valence-electron chi connectivity index (χ4n) is 3.50. The van der Waals surface area contributed by atoms with Gasteiger partial charge in [0, 0.05) is 49.7 Å². The number of pyridine rings is 1. The number of piperazine rings is 1. The van der Waals surface area contributed by atoms with Crippen LogP contribution in [0.4, 0.5) is 20.3 Å². The normalized spacial score (nSPS) is 16.9. The third-order valence-electron chi connectivity index (χ3n) is 4.91. The Balaban J connectivity index is 1.60. The molecule has 1 atom stereocenters. The third-order valence-corrected chi connectivity index (χ3v) is 5.37. The molecule has 0 unspecified atom stereocenters. The summed E-state index contributed by atoms with van der Waals surface area (Å²) in [4.78, 5) is 16.9. The molecule has 1 aliphatic rings. The Labute approximate surface area is 176 Å². The van der Waals surface area contributed by atoms with E-state index in [0.29, 0.717) is 28.6 Å². The van der Waals surface area contributed by atoms with Gasteiger partial charge in [-0.15, -0.1) is 0 Å². The van der Waals surface area contributed by atoms with Gasteiger partial charge in [0.2, 0.25) is 5.28 Å². The number of anilines is 2. The Bertz CT molecular complexity index is 1050. The number of nitrogens with zero attached hydrogens (tertiary/aromatic N) is 5. The Morgan fingerprint density at radius 3 is 2.59 bits per heavy atom. The van der Waals surface area contributed by atoms with Gasteiger partial charge in [-0.1, -0.05) is 11.6 Å². The third kappa shape index (κ3) is 4.11.